The normalized spacial score (nSPS) is 21.9. The van der Waals surface area contributed by atoms with E-state index in [0.717, 1.165) is 6.08 Å². The molecule has 4 nitrogen and oxygen atoms in total. The fraction of sp³-hybridized carbons (Fsp3) is 0.357. The maximum Gasteiger partial charge on any atom is 0.491 e. The Morgan fingerprint density at radius 2 is 1.96 bits per heavy atom. The molecule has 1 aromatic carbocycles. The van der Waals surface area contributed by atoms with E-state index < -0.39 is 17.9 Å². The molecule has 1 heterocycles. The number of hydrogen-bond donors (Lipinski definition) is 1. The highest BCUT2D eigenvalue weighted by molar-refractivity contribution is 6.35. The maximum atomic E-state index is 12.6. The van der Waals surface area contributed by atoms with Crippen LogP contribution in [0.1, 0.15) is 0 Å². The second-order valence-corrected chi connectivity index (χ2v) is 5.77. The molecule has 1 aliphatic rings. The summed E-state index contributed by atoms with van der Waals surface area (Å²) in [6.45, 7) is 4.21. The largest absolute Gasteiger partial charge is 0.491 e. The van der Waals surface area contributed by atoms with Gasteiger partial charge in [0.2, 0.25) is 5.72 Å². The standard InChI is InChI=1S/C14H13Cl2F3N2O2/c1-2-13(23-12(22)14(17,18)19)8-20-3-4-21(13)11-6-9(15)5-10(16)7-11/h2,5-7,20H,1,3-4,8H2. The minimum absolute atomic E-state index is 0.0531. The lowest BCUT2D eigenvalue weighted by Crippen LogP contribution is -2.63. The number of hydrogen-bond acceptors (Lipinski definition) is 4. The molecule has 1 fully saturated rings. The summed E-state index contributed by atoms with van der Waals surface area (Å²) in [4.78, 5) is 12.8. The highest BCUT2D eigenvalue weighted by Crippen LogP contribution is 2.33. The quantitative estimate of drug-likeness (QED) is 0.655. The smallest absolute Gasteiger partial charge is 0.427 e. The SMILES string of the molecule is C=CC1(OC(=O)C(F)(F)F)CNCCN1c1cc(Cl)cc(Cl)c1. The second-order valence-electron chi connectivity index (χ2n) is 4.89. The number of esters is 1. The molecule has 126 valence electrons. The third kappa shape index (κ3) is 3.91. The zero-order valence-corrected chi connectivity index (χ0v) is 13.3. The lowest BCUT2D eigenvalue weighted by molar-refractivity contribution is -0.210. The van der Waals surface area contributed by atoms with Crippen LogP contribution in [0, 0.1) is 0 Å². The van der Waals surface area contributed by atoms with E-state index in [1.807, 2.05) is 0 Å². The summed E-state index contributed by atoms with van der Waals surface area (Å²) in [5, 5.41) is 3.51. The van der Waals surface area contributed by atoms with Gasteiger partial charge in [-0.1, -0.05) is 29.8 Å². The Labute approximate surface area is 140 Å². The third-order valence-electron chi connectivity index (χ3n) is 3.33. The Morgan fingerprint density at radius 1 is 1.35 bits per heavy atom. The van der Waals surface area contributed by atoms with Gasteiger partial charge in [0.05, 0.1) is 6.54 Å². The summed E-state index contributed by atoms with van der Waals surface area (Å²) >= 11 is 11.9. The average Bonchev–Trinajstić information content (AvgIpc) is 2.45. The molecule has 0 radical (unpaired) electrons. The number of halogens is 5. The number of nitrogens with one attached hydrogen (secondary N) is 1. The molecule has 0 amide bonds. The van der Waals surface area contributed by atoms with Crippen LogP contribution in [0.25, 0.3) is 0 Å². The Kier molecular flexibility index (Phi) is 5.13. The predicted molar refractivity (Wildman–Crippen MR) is 81.8 cm³/mol. The van der Waals surface area contributed by atoms with Crippen molar-refractivity contribution < 1.29 is 22.7 Å². The number of benzene rings is 1. The molecular formula is C14H13Cl2F3N2O2. The Morgan fingerprint density at radius 3 is 2.48 bits per heavy atom. The van der Waals surface area contributed by atoms with Gasteiger partial charge in [-0.3, -0.25) is 0 Å². The Hall–Kier alpha value is -1.44. The highest BCUT2D eigenvalue weighted by atomic mass is 35.5. The van der Waals surface area contributed by atoms with Crippen molar-refractivity contribution in [3.63, 3.8) is 0 Å². The number of nitrogens with zero attached hydrogens (tertiary/aromatic N) is 1. The summed E-state index contributed by atoms with van der Waals surface area (Å²) in [6.07, 6.45) is -3.96. The summed E-state index contributed by atoms with van der Waals surface area (Å²) in [7, 11) is 0. The molecule has 1 aromatic rings. The first-order chi connectivity index (χ1) is 10.7. The number of ether oxygens (including phenoxy) is 1. The molecule has 0 aliphatic carbocycles. The van der Waals surface area contributed by atoms with Crippen LogP contribution in [0.4, 0.5) is 18.9 Å². The van der Waals surface area contributed by atoms with Gasteiger partial charge < -0.3 is 15.0 Å². The van der Waals surface area contributed by atoms with Gasteiger partial charge in [0.25, 0.3) is 0 Å². The molecule has 1 saturated heterocycles. The van der Waals surface area contributed by atoms with Crippen LogP contribution >= 0.6 is 23.2 Å². The van der Waals surface area contributed by atoms with Gasteiger partial charge in [-0.25, -0.2) is 4.79 Å². The number of carbonyl (C=O) groups excluding carboxylic acids is 1. The van der Waals surface area contributed by atoms with Crippen molar-refractivity contribution in [1.29, 1.82) is 0 Å². The minimum Gasteiger partial charge on any atom is -0.427 e. The van der Waals surface area contributed by atoms with Gasteiger partial charge in [0.15, 0.2) is 0 Å². The highest BCUT2D eigenvalue weighted by Gasteiger charge is 2.48. The van der Waals surface area contributed by atoms with E-state index in [0.29, 0.717) is 22.3 Å². The van der Waals surface area contributed by atoms with E-state index in [4.69, 9.17) is 27.9 Å². The van der Waals surface area contributed by atoms with E-state index >= 15 is 0 Å². The van der Waals surface area contributed by atoms with Gasteiger partial charge in [-0.05, 0) is 24.3 Å². The van der Waals surface area contributed by atoms with Crippen LogP contribution in [0.3, 0.4) is 0 Å². The first kappa shape index (κ1) is 17.9. The van der Waals surface area contributed by atoms with Crippen molar-refractivity contribution in [1.82, 2.24) is 5.32 Å². The van der Waals surface area contributed by atoms with E-state index in [2.05, 4.69) is 11.9 Å². The molecule has 9 heteroatoms. The zero-order chi connectivity index (χ0) is 17.3. The summed E-state index contributed by atoms with van der Waals surface area (Å²) in [6, 6.07) is 4.54. The zero-order valence-electron chi connectivity index (χ0n) is 11.8. The number of alkyl halides is 3. The van der Waals surface area contributed by atoms with Crippen molar-refractivity contribution >= 4 is 34.9 Å². The number of carbonyl (C=O) groups is 1. The van der Waals surface area contributed by atoms with Crippen molar-refractivity contribution in [2.75, 3.05) is 24.5 Å². The van der Waals surface area contributed by atoms with Gasteiger partial charge in [0, 0.05) is 28.8 Å². The van der Waals surface area contributed by atoms with Crippen LogP contribution < -0.4 is 10.2 Å². The van der Waals surface area contributed by atoms with Crippen LogP contribution in [0.15, 0.2) is 30.9 Å². The van der Waals surface area contributed by atoms with Crippen molar-refractivity contribution in [2.45, 2.75) is 11.9 Å². The number of anilines is 1. The lowest BCUT2D eigenvalue weighted by Gasteiger charge is -2.45. The fourth-order valence-corrected chi connectivity index (χ4v) is 2.83. The summed E-state index contributed by atoms with van der Waals surface area (Å²) < 4.78 is 42.5. The number of piperazine rings is 1. The fourth-order valence-electron chi connectivity index (χ4n) is 2.32. The Balaban J connectivity index is 2.42. The predicted octanol–water partition coefficient (Wildman–Crippen LogP) is 3.39. The van der Waals surface area contributed by atoms with E-state index in [9.17, 15) is 18.0 Å². The first-order valence-corrected chi connectivity index (χ1v) is 7.32. The summed E-state index contributed by atoms with van der Waals surface area (Å²) in [5.41, 5.74) is -1.27. The molecule has 0 spiro atoms. The van der Waals surface area contributed by atoms with Crippen molar-refractivity contribution in [2.24, 2.45) is 0 Å². The second kappa shape index (κ2) is 6.59. The van der Waals surface area contributed by atoms with Crippen LogP contribution in [0.2, 0.25) is 10.0 Å². The van der Waals surface area contributed by atoms with Crippen molar-refractivity contribution in [3.8, 4) is 0 Å². The molecule has 0 aromatic heterocycles. The lowest BCUT2D eigenvalue weighted by atomic mass is 10.1. The van der Waals surface area contributed by atoms with Crippen LogP contribution in [-0.4, -0.2) is 37.5 Å². The molecule has 23 heavy (non-hydrogen) atoms. The third-order valence-corrected chi connectivity index (χ3v) is 3.76. The van der Waals surface area contributed by atoms with Crippen molar-refractivity contribution in [3.05, 3.63) is 40.9 Å². The molecule has 2 rings (SSSR count). The molecule has 0 bridgehead atoms. The molecule has 1 atom stereocenters. The maximum absolute atomic E-state index is 12.6. The number of rotatable bonds is 3. The molecule has 1 N–H and O–H groups in total. The first-order valence-electron chi connectivity index (χ1n) is 6.56. The van der Waals surface area contributed by atoms with Gasteiger partial charge in [-0.2, -0.15) is 13.2 Å². The van der Waals surface area contributed by atoms with Gasteiger partial charge >= 0.3 is 12.1 Å². The minimum atomic E-state index is -5.11. The molecule has 1 unspecified atom stereocenters. The van der Waals surface area contributed by atoms with E-state index in [1.165, 1.54) is 23.1 Å². The monoisotopic (exact) mass is 368 g/mol. The average molecular weight is 369 g/mol. The molecule has 1 aliphatic heterocycles. The van der Waals surface area contributed by atoms with Crippen LogP contribution in [0.5, 0.6) is 0 Å². The van der Waals surface area contributed by atoms with E-state index in [-0.39, 0.29) is 13.1 Å². The summed E-state index contributed by atoms with van der Waals surface area (Å²) in [5.74, 6) is -2.29. The topological polar surface area (TPSA) is 41.6 Å². The van der Waals surface area contributed by atoms with Crippen LogP contribution in [-0.2, 0) is 9.53 Å². The van der Waals surface area contributed by atoms with E-state index in [1.54, 1.807) is 0 Å². The van der Waals surface area contributed by atoms with Gasteiger partial charge in [-0.15, -0.1) is 0 Å². The molecular weight excluding hydrogens is 356 g/mol. The van der Waals surface area contributed by atoms with Gasteiger partial charge in [0.1, 0.15) is 0 Å². The Bertz CT molecular complexity index is 604. The molecule has 0 saturated carbocycles.